The molecular weight excluding hydrogens is 115 g/mol. The van der Waals surface area contributed by atoms with Gasteiger partial charge in [-0.2, -0.15) is 5.26 Å². The summed E-state index contributed by atoms with van der Waals surface area (Å²) in [5, 5.41) is 15.8. The van der Waals surface area contributed by atoms with Crippen LogP contribution in [0.25, 0.3) is 0 Å². The van der Waals surface area contributed by atoms with Crippen LogP contribution in [0, 0.1) is 11.3 Å². The number of hydrogen-bond donors (Lipinski definition) is 2. The Bertz CT molecular complexity index is 69.8. The Balaban J connectivity index is 0. The highest BCUT2D eigenvalue weighted by Gasteiger charge is 1.90. The maximum absolute atomic E-state index is 7.99. The monoisotopic (exact) mass is 122 g/mol. The van der Waals surface area contributed by atoms with Crippen molar-refractivity contribution in [3.05, 3.63) is 0 Å². The normalized spacial score (nSPS) is 11.0. The van der Waals surface area contributed by atoms with Crippen LogP contribution in [0.3, 0.4) is 0 Å². The van der Waals surface area contributed by atoms with Crippen LogP contribution in [-0.2, 0) is 0 Å². The second-order valence-electron chi connectivity index (χ2n) is 0.918. The second-order valence-corrected chi connectivity index (χ2v) is 0.918. The van der Waals surface area contributed by atoms with E-state index in [9.17, 15) is 0 Å². The molecule has 4 heteroatoms. The Hall–Kier alpha value is -0.300. The minimum atomic E-state index is -0.704. The Morgan fingerprint density at radius 2 is 2.29 bits per heavy atom. The fourth-order valence-corrected chi connectivity index (χ4v) is 0.0408. The summed E-state index contributed by atoms with van der Waals surface area (Å²) in [5.41, 5.74) is 4.86. The van der Waals surface area contributed by atoms with Crippen molar-refractivity contribution in [2.24, 2.45) is 5.73 Å². The molecule has 0 fully saturated rings. The number of nitriles is 1. The first kappa shape index (κ1) is 9.85. The molecule has 1 atom stereocenters. The quantitative estimate of drug-likeness (QED) is 0.481. The fraction of sp³-hybridized carbons (Fsp3) is 0.667. The van der Waals surface area contributed by atoms with Gasteiger partial charge in [-0.05, 0) is 0 Å². The highest BCUT2D eigenvalue weighted by Crippen LogP contribution is 1.64. The van der Waals surface area contributed by atoms with E-state index in [0.29, 0.717) is 0 Å². The Labute approximate surface area is 48.1 Å². The van der Waals surface area contributed by atoms with Crippen molar-refractivity contribution in [3.63, 3.8) is 0 Å². The van der Waals surface area contributed by atoms with E-state index in [1.54, 1.807) is 6.07 Å². The molecule has 0 aromatic heterocycles. The van der Waals surface area contributed by atoms with Crippen LogP contribution in [0.1, 0.15) is 0 Å². The van der Waals surface area contributed by atoms with Gasteiger partial charge < -0.3 is 10.8 Å². The first-order valence-electron chi connectivity index (χ1n) is 1.57. The first-order valence-corrected chi connectivity index (χ1v) is 1.57. The fourth-order valence-electron chi connectivity index (χ4n) is 0.0408. The van der Waals surface area contributed by atoms with Gasteiger partial charge in [0.25, 0.3) is 0 Å². The van der Waals surface area contributed by atoms with Gasteiger partial charge in [0.2, 0.25) is 0 Å². The third-order valence-corrected chi connectivity index (χ3v) is 0.363. The largest absolute Gasteiger partial charge is 0.394 e. The predicted octanol–water partition coefficient (Wildman–Crippen LogP) is -0.749. The van der Waals surface area contributed by atoms with Gasteiger partial charge >= 0.3 is 0 Å². The van der Waals surface area contributed by atoms with Crippen molar-refractivity contribution in [3.8, 4) is 6.07 Å². The van der Waals surface area contributed by atoms with Crippen LogP contribution in [0.5, 0.6) is 0 Å². The number of hydrogen-bond acceptors (Lipinski definition) is 3. The molecule has 0 rings (SSSR count). The zero-order valence-electron chi connectivity index (χ0n) is 3.66. The molecule has 0 spiro atoms. The molecular formula is C3H7ClN2O. The van der Waals surface area contributed by atoms with Crippen molar-refractivity contribution in [2.75, 3.05) is 6.61 Å². The summed E-state index contributed by atoms with van der Waals surface area (Å²) in [5.74, 6) is 0. The second kappa shape index (κ2) is 5.70. The third kappa shape index (κ3) is 5.70. The highest BCUT2D eigenvalue weighted by atomic mass is 35.5. The van der Waals surface area contributed by atoms with Crippen molar-refractivity contribution in [1.29, 1.82) is 5.26 Å². The van der Waals surface area contributed by atoms with Crippen molar-refractivity contribution in [2.45, 2.75) is 6.04 Å². The average molecular weight is 123 g/mol. The van der Waals surface area contributed by atoms with Crippen LogP contribution < -0.4 is 5.73 Å². The maximum atomic E-state index is 7.99. The Kier molecular flexibility index (Phi) is 8.02. The summed E-state index contributed by atoms with van der Waals surface area (Å²) in [7, 11) is 0. The lowest BCUT2D eigenvalue weighted by Crippen LogP contribution is -2.21. The van der Waals surface area contributed by atoms with E-state index in [4.69, 9.17) is 16.1 Å². The molecule has 0 radical (unpaired) electrons. The smallest absolute Gasteiger partial charge is 0.116 e. The maximum Gasteiger partial charge on any atom is 0.116 e. The van der Waals surface area contributed by atoms with Gasteiger partial charge in [-0.15, -0.1) is 12.4 Å². The average Bonchev–Trinajstić information content (AvgIpc) is 1.65. The number of nitrogens with two attached hydrogens (primary N) is 1. The van der Waals surface area contributed by atoms with Crippen molar-refractivity contribution >= 4 is 12.4 Å². The number of aliphatic hydroxyl groups is 1. The van der Waals surface area contributed by atoms with E-state index >= 15 is 0 Å². The van der Waals surface area contributed by atoms with E-state index in [-0.39, 0.29) is 19.0 Å². The summed E-state index contributed by atoms with van der Waals surface area (Å²) in [4.78, 5) is 0. The number of nitrogens with zero attached hydrogens (tertiary/aromatic N) is 1. The van der Waals surface area contributed by atoms with Gasteiger partial charge in [-0.25, -0.2) is 0 Å². The topological polar surface area (TPSA) is 70.0 Å². The van der Waals surface area contributed by atoms with Crippen LogP contribution in [0.4, 0.5) is 0 Å². The lowest BCUT2D eigenvalue weighted by Gasteiger charge is -1.88. The summed E-state index contributed by atoms with van der Waals surface area (Å²) in [6, 6.07) is 0.939. The summed E-state index contributed by atoms with van der Waals surface area (Å²) in [6.45, 7) is -0.253. The first-order chi connectivity index (χ1) is 2.81. The van der Waals surface area contributed by atoms with Crippen LogP contribution in [0.15, 0.2) is 0 Å². The number of aliphatic hydroxyl groups excluding tert-OH is 1. The van der Waals surface area contributed by atoms with Gasteiger partial charge in [-0.3, -0.25) is 0 Å². The van der Waals surface area contributed by atoms with Crippen LogP contribution in [0.2, 0.25) is 0 Å². The Morgan fingerprint density at radius 3 is 2.29 bits per heavy atom. The molecule has 0 bridgehead atoms. The molecule has 7 heavy (non-hydrogen) atoms. The summed E-state index contributed by atoms with van der Waals surface area (Å²) < 4.78 is 0. The van der Waals surface area contributed by atoms with Gasteiger partial charge in [-0.1, -0.05) is 0 Å². The molecule has 0 aromatic rings. The molecule has 0 aliphatic heterocycles. The standard InChI is InChI=1S/C3H6N2O.ClH/c4-1-3(5)2-6;/h3,6H,2,5H2;1H/t3-;/m0./s1. The molecule has 0 saturated carbocycles. The van der Waals surface area contributed by atoms with Gasteiger partial charge in [0.05, 0.1) is 12.7 Å². The SMILES string of the molecule is Cl.N#C[C@H](N)CO. The number of rotatable bonds is 1. The molecule has 0 unspecified atom stereocenters. The molecule has 0 amide bonds. The van der Waals surface area contributed by atoms with Crippen molar-refractivity contribution < 1.29 is 5.11 Å². The molecule has 0 heterocycles. The molecule has 0 aliphatic carbocycles. The molecule has 42 valence electrons. The van der Waals surface area contributed by atoms with E-state index in [1.165, 1.54) is 0 Å². The molecule has 3 N–H and O–H groups in total. The van der Waals surface area contributed by atoms with E-state index < -0.39 is 6.04 Å². The lowest BCUT2D eigenvalue weighted by atomic mass is 10.4. The van der Waals surface area contributed by atoms with Gasteiger partial charge in [0.15, 0.2) is 0 Å². The van der Waals surface area contributed by atoms with E-state index in [1.807, 2.05) is 0 Å². The van der Waals surface area contributed by atoms with Crippen molar-refractivity contribution in [1.82, 2.24) is 0 Å². The van der Waals surface area contributed by atoms with E-state index in [2.05, 4.69) is 0 Å². The lowest BCUT2D eigenvalue weighted by molar-refractivity contribution is 0.286. The van der Waals surface area contributed by atoms with Crippen LogP contribution in [-0.4, -0.2) is 17.8 Å². The third-order valence-electron chi connectivity index (χ3n) is 0.363. The van der Waals surface area contributed by atoms with E-state index in [0.717, 1.165) is 0 Å². The zero-order chi connectivity index (χ0) is 4.99. The minimum Gasteiger partial charge on any atom is -0.394 e. The minimum absolute atomic E-state index is 0. The predicted molar refractivity (Wildman–Crippen MR) is 27.9 cm³/mol. The summed E-state index contributed by atoms with van der Waals surface area (Å²) in [6.07, 6.45) is 0. The highest BCUT2D eigenvalue weighted by molar-refractivity contribution is 5.85. The molecule has 0 aliphatic rings. The molecule has 0 saturated heterocycles. The molecule has 3 nitrogen and oxygen atoms in total. The van der Waals surface area contributed by atoms with Crippen LogP contribution >= 0.6 is 12.4 Å². The Morgan fingerprint density at radius 1 is 1.86 bits per heavy atom. The summed E-state index contributed by atoms with van der Waals surface area (Å²) >= 11 is 0. The number of halogens is 1. The molecule has 0 aromatic carbocycles. The van der Waals surface area contributed by atoms with Gasteiger partial charge in [0.1, 0.15) is 6.04 Å². The zero-order valence-corrected chi connectivity index (χ0v) is 4.48. The van der Waals surface area contributed by atoms with Gasteiger partial charge in [0, 0.05) is 0 Å².